The van der Waals surface area contributed by atoms with E-state index in [2.05, 4.69) is 16.9 Å². The van der Waals surface area contributed by atoms with Crippen molar-refractivity contribution in [2.45, 2.75) is 25.3 Å². The zero-order valence-electron chi connectivity index (χ0n) is 18.1. The number of nitrogens with zero attached hydrogens (tertiary/aromatic N) is 2. The number of hydrogen-bond acceptors (Lipinski definition) is 3. The second-order valence-electron chi connectivity index (χ2n) is 7.97. The van der Waals surface area contributed by atoms with Gasteiger partial charge in [-0.25, -0.2) is 0 Å². The number of anilines is 1. The molecular formula is C25H25ClN4O2S. The van der Waals surface area contributed by atoms with E-state index in [0.717, 1.165) is 16.5 Å². The van der Waals surface area contributed by atoms with E-state index in [1.807, 2.05) is 59.6 Å². The van der Waals surface area contributed by atoms with Gasteiger partial charge in [0.25, 0.3) is 5.91 Å². The second-order valence-corrected chi connectivity index (χ2v) is 8.77. The van der Waals surface area contributed by atoms with E-state index >= 15 is 0 Å². The predicted octanol–water partition coefficient (Wildman–Crippen LogP) is 4.77. The summed E-state index contributed by atoms with van der Waals surface area (Å²) in [4.78, 5) is 32.6. The van der Waals surface area contributed by atoms with Crippen LogP contribution in [0.4, 0.5) is 5.69 Å². The number of benzene rings is 2. The van der Waals surface area contributed by atoms with E-state index in [1.54, 1.807) is 11.0 Å². The minimum Gasteiger partial charge on any atom is -0.361 e. The lowest BCUT2D eigenvalue weighted by Crippen LogP contribution is -2.39. The molecule has 0 aliphatic carbocycles. The van der Waals surface area contributed by atoms with Gasteiger partial charge in [0.2, 0.25) is 5.91 Å². The summed E-state index contributed by atoms with van der Waals surface area (Å²) in [6, 6.07) is 14.6. The molecule has 6 nitrogen and oxygen atoms in total. The Balaban J connectivity index is 1.48. The third-order valence-electron chi connectivity index (χ3n) is 5.71. The highest BCUT2D eigenvalue weighted by Gasteiger charge is 2.42. The summed E-state index contributed by atoms with van der Waals surface area (Å²) in [7, 11) is 0. The van der Waals surface area contributed by atoms with Crippen LogP contribution >= 0.6 is 23.8 Å². The molecule has 2 N–H and O–H groups in total. The second kappa shape index (κ2) is 10.2. The van der Waals surface area contributed by atoms with Gasteiger partial charge in [0, 0.05) is 35.5 Å². The molecule has 8 heteroatoms. The zero-order chi connectivity index (χ0) is 23.4. The van der Waals surface area contributed by atoms with E-state index < -0.39 is 6.04 Å². The van der Waals surface area contributed by atoms with Gasteiger partial charge in [0.05, 0.1) is 6.42 Å². The summed E-state index contributed by atoms with van der Waals surface area (Å²) in [5.74, 6) is -0.386. The van der Waals surface area contributed by atoms with Gasteiger partial charge in [0.15, 0.2) is 5.11 Å². The van der Waals surface area contributed by atoms with Crippen LogP contribution in [0.3, 0.4) is 0 Å². The highest BCUT2D eigenvalue weighted by Crippen LogP contribution is 2.24. The molecule has 2 heterocycles. The van der Waals surface area contributed by atoms with E-state index in [4.69, 9.17) is 23.8 Å². The fraction of sp³-hybridized carbons (Fsp3) is 0.240. The highest BCUT2D eigenvalue weighted by atomic mass is 35.5. The Bertz CT molecular complexity index is 1210. The molecule has 1 saturated heterocycles. The SMILES string of the molecule is C=CCCN1C(=O)C(CC(=O)Nc2ccc3cc[nH]c3c2)N(CCc2cccc(Cl)c2)C1=S. The van der Waals surface area contributed by atoms with Crippen LogP contribution in [0.1, 0.15) is 18.4 Å². The monoisotopic (exact) mass is 480 g/mol. The summed E-state index contributed by atoms with van der Waals surface area (Å²) in [5, 5.41) is 5.09. The minimum absolute atomic E-state index is 0.0157. The Labute approximate surface area is 203 Å². The molecule has 4 rings (SSSR count). The molecule has 0 radical (unpaired) electrons. The van der Waals surface area contributed by atoms with Crippen LogP contribution in [0, 0.1) is 0 Å². The van der Waals surface area contributed by atoms with Crippen LogP contribution in [-0.4, -0.2) is 50.8 Å². The molecule has 1 aromatic heterocycles. The van der Waals surface area contributed by atoms with E-state index in [-0.39, 0.29) is 18.2 Å². The number of thiocarbonyl (C=S) groups is 1. The Morgan fingerprint density at radius 2 is 2.06 bits per heavy atom. The molecule has 1 aliphatic rings. The lowest BCUT2D eigenvalue weighted by atomic mass is 10.1. The van der Waals surface area contributed by atoms with Crippen molar-refractivity contribution in [3.8, 4) is 0 Å². The van der Waals surface area contributed by atoms with Crippen molar-refractivity contribution in [1.82, 2.24) is 14.8 Å². The summed E-state index contributed by atoms with van der Waals surface area (Å²) in [6.45, 7) is 4.70. The first-order chi connectivity index (χ1) is 16.0. The van der Waals surface area contributed by atoms with Gasteiger partial charge in [-0.2, -0.15) is 0 Å². The summed E-state index contributed by atoms with van der Waals surface area (Å²) in [5.41, 5.74) is 2.66. The van der Waals surface area contributed by atoms with Gasteiger partial charge in [-0.15, -0.1) is 6.58 Å². The molecule has 170 valence electrons. The topological polar surface area (TPSA) is 68.4 Å². The number of fused-ring (bicyclic) bond motifs is 1. The molecule has 2 aromatic carbocycles. The number of aromatic nitrogens is 1. The maximum absolute atomic E-state index is 13.2. The van der Waals surface area contributed by atoms with Gasteiger partial charge in [-0.3, -0.25) is 14.5 Å². The molecule has 0 saturated carbocycles. The van der Waals surface area contributed by atoms with Crippen LogP contribution in [-0.2, 0) is 16.0 Å². The van der Waals surface area contributed by atoms with Gasteiger partial charge < -0.3 is 15.2 Å². The zero-order valence-corrected chi connectivity index (χ0v) is 19.7. The van der Waals surface area contributed by atoms with Gasteiger partial charge >= 0.3 is 0 Å². The fourth-order valence-electron chi connectivity index (χ4n) is 4.03. The number of aromatic amines is 1. The number of amides is 2. The quantitative estimate of drug-likeness (QED) is 0.342. The average Bonchev–Trinajstić information content (AvgIpc) is 3.34. The van der Waals surface area contributed by atoms with E-state index in [1.165, 1.54) is 0 Å². The molecule has 1 atom stereocenters. The lowest BCUT2D eigenvalue weighted by Gasteiger charge is -2.24. The normalized spacial score (nSPS) is 16.0. The summed E-state index contributed by atoms with van der Waals surface area (Å²) < 4.78 is 0. The van der Waals surface area contributed by atoms with Gasteiger partial charge in [-0.05, 0) is 66.3 Å². The number of halogens is 1. The number of nitrogens with one attached hydrogen (secondary N) is 2. The van der Waals surface area contributed by atoms with Crippen molar-refractivity contribution in [1.29, 1.82) is 0 Å². The Morgan fingerprint density at radius 3 is 2.85 bits per heavy atom. The van der Waals surface area contributed by atoms with Crippen LogP contribution in [0.25, 0.3) is 10.9 Å². The first-order valence-corrected chi connectivity index (χ1v) is 11.6. The van der Waals surface area contributed by atoms with Crippen LogP contribution in [0.15, 0.2) is 67.4 Å². The maximum atomic E-state index is 13.2. The number of hydrogen-bond donors (Lipinski definition) is 2. The number of H-pyrrole nitrogens is 1. The third kappa shape index (κ3) is 5.26. The van der Waals surface area contributed by atoms with Crippen LogP contribution in [0.5, 0.6) is 0 Å². The number of carbonyl (C=O) groups is 2. The Hall–Kier alpha value is -3.16. The molecule has 33 heavy (non-hydrogen) atoms. The van der Waals surface area contributed by atoms with Crippen molar-refractivity contribution >= 4 is 57.3 Å². The first kappa shape index (κ1) is 23.0. The minimum atomic E-state index is -0.643. The summed E-state index contributed by atoms with van der Waals surface area (Å²) in [6.07, 6.45) is 4.91. The molecule has 1 fully saturated rings. The Morgan fingerprint density at radius 1 is 1.21 bits per heavy atom. The van der Waals surface area contributed by atoms with Crippen LogP contribution < -0.4 is 5.32 Å². The standard InChI is InChI=1S/C25H25ClN4O2S/c1-2-3-12-30-24(32)22(29(25(30)33)13-10-17-5-4-6-19(26)14-17)16-23(31)28-20-8-7-18-9-11-27-21(18)15-20/h2,4-9,11,14-15,22,27H,1,3,10,12-13,16H2,(H,28,31). The van der Waals surface area contributed by atoms with E-state index in [0.29, 0.717) is 41.8 Å². The smallest absolute Gasteiger partial charge is 0.252 e. The molecule has 3 aromatic rings. The summed E-state index contributed by atoms with van der Waals surface area (Å²) >= 11 is 11.7. The molecule has 1 aliphatic heterocycles. The average molecular weight is 481 g/mol. The third-order valence-corrected chi connectivity index (χ3v) is 6.40. The van der Waals surface area contributed by atoms with Crippen molar-refractivity contribution in [3.05, 3.63) is 78.0 Å². The molecule has 1 unspecified atom stereocenters. The van der Waals surface area contributed by atoms with E-state index in [9.17, 15) is 9.59 Å². The fourth-order valence-corrected chi connectivity index (χ4v) is 4.64. The van der Waals surface area contributed by atoms with Gasteiger partial charge in [0.1, 0.15) is 6.04 Å². The van der Waals surface area contributed by atoms with Crippen LogP contribution in [0.2, 0.25) is 5.02 Å². The lowest BCUT2D eigenvalue weighted by molar-refractivity contribution is -0.130. The van der Waals surface area contributed by atoms with Crippen molar-refractivity contribution in [3.63, 3.8) is 0 Å². The molecule has 0 spiro atoms. The molecule has 2 amide bonds. The van der Waals surface area contributed by atoms with Crippen molar-refractivity contribution < 1.29 is 9.59 Å². The van der Waals surface area contributed by atoms with Crippen molar-refractivity contribution in [2.75, 3.05) is 18.4 Å². The molecule has 0 bridgehead atoms. The van der Waals surface area contributed by atoms with Crippen molar-refractivity contribution in [2.24, 2.45) is 0 Å². The maximum Gasteiger partial charge on any atom is 0.252 e. The first-order valence-electron chi connectivity index (χ1n) is 10.8. The van der Waals surface area contributed by atoms with Gasteiger partial charge in [-0.1, -0.05) is 35.9 Å². The molecular weight excluding hydrogens is 456 g/mol. The number of carbonyl (C=O) groups excluding carboxylic acids is 2. The largest absolute Gasteiger partial charge is 0.361 e. The Kier molecular flexibility index (Phi) is 7.11. The number of rotatable bonds is 9. The predicted molar refractivity (Wildman–Crippen MR) is 136 cm³/mol. The highest BCUT2D eigenvalue weighted by molar-refractivity contribution is 7.80.